The number of aromatic nitrogens is 4. The van der Waals surface area contributed by atoms with Gasteiger partial charge in [0.2, 0.25) is 5.82 Å². The Labute approximate surface area is 198 Å². The number of phenolic OH excluding ortho intramolecular Hbond substituents is 1. The molecule has 0 aliphatic rings. The smallest absolute Gasteiger partial charge is 0.204 e. The Morgan fingerprint density at radius 1 is 1.09 bits per heavy atom. The monoisotopic (exact) mass is 454 g/mol. The zero-order valence-corrected chi connectivity index (χ0v) is 19.2. The third-order valence-electron chi connectivity index (χ3n) is 5.63. The quantitative estimate of drug-likeness (QED) is 0.330. The molecule has 0 aliphatic carbocycles. The molecular weight excluding hydrogens is 428 g/mol. The first kappa shape index (κ1) is 22.9. The Morgan fingerprint density at radius 3 is 2.56 bits per heavy atom. The van der Waals surface area contributed by atoms with Crippen molar-refractivity contribution in [2.45, 2.75) is 33.3 Å². The summed E-state index contributed by atoms with van der Waals surface area (Å²) >= 11 is 0. The Kier molecular flexibility index (Phi) is 6.82. The maximum absolute atomic E-state index is 11.8. The van der Waals surface area contributed by atoms with Crippen molar-refractivity contribution < 1.29 is 14.6 Å². The lowest BCUT2D eigenvalue weighted by Gasteiger charge is -2.15. The van der Waals surface area contributed by atoms with Gasteiger partial charge in [0.25, 0.3) is 0 Å². The zero-order chi connectivity index (χ0) is 24.1. The molecule has 3 aromatic carbocycles. The van der Waals surface area contributed by atoms with Crippen LogP contribution in [0.2, 0.25) is 0 Å². The van der Waals surface area contributed by atoms with E-state index >= 15 is 0 Å². The summed E-state index contributed by atoms with van der Waals surface area (Å²) < 4.78 is 6.02. The molecule has 2 N–H and O–H groups in total. The molecule has 34 heavy (non-hydrogen) atoms. The fourth-order valence-electron chi connectivity index (χ4n) is 3.79. The molecule has 172 valence electrons. The van der Waals surface area contributed by atoms with E-state index in [1.165, 1.54) is 6.92 Å². The molecular formula is C27H26N4O3. The molecule has 7 nitrogen and oxygen atoms in total. The summed E-state index contributed by atoms with van der Waals surface area (Å²) in [5.41, 5.74) is 5.67. The molecule has 0 bridgehead atoms. The van der Waals surface area contributed by atoms with E-state index in [1.54, 1.807) is 12.1 Å². The van der Waals surface area contributed by atoms with E-state index in [0.29, 0.717) is 35.7 Å². The van der Waals surface area contributed by atoms with E-state index in [9.17, 15) is 9.90 Å². The van der Waals surface area contributed by atoms with Crippen molar-refractivity contribution in [2.75, 3.05) is 0 Å². The van der Waals surface area contributed by atoms with E-state index < -0.39 is 0 Å². The molecule has 4 rings (SSSR count). The summed E-state index contributed by atoms with van der Waals surface area (Å²) in [5, 5.41) is 24.7. The van der Waals surface area contributed by atoms with Crippen LogP contribution in [0.4, 0.5) is 0 Å². The third kappa shape index (κ3) is 4.88. The van der Waals surface area contributed by atoms with Gasteiger partial charge in [0.15, 0.2) is 5.78 Å². The van der Waals surface area contributed by atoms with E-state index in [-0.39, 0.29) is 11.5 Å². The van der Waals surface area contributed by atoms with Crippen LogP contribution in [0.15, 0.2) is 67.2 Å². The molecule has 4 aromatic rings. The molecule has 0 fully saturated rings. The second-order valence-electron chi connectivity index (χ2n) is 8.02. The van der Waals surface area contributed by atoms with Crippen molar-refractivity contribution in [3.05, 3.63) is 95.1 Å². The van der Waals surface area contributed by atoms with Gasteiger partial charge in [-0.3, -0.25) is 4.79 Å². The lowest BCUT2D eigenvalue weighted by molar-refractivity contribution is 0.101. The van der Waals surface area contributed by atoms with Crippen molar-refractivity contribution in [3.63, 3.8) is 0 Å². The van der Waals surface area contributed by atoms with Gasteiger partial charge >= 0.3 is 0 Å². The highest BCUT2D eigenvalue weighted by atomic mass is 16.5. The second kappa shape index (κ2) is 10.1. The lowest BCUT2D eigenvalue weighted by Crippen LogP contribution is -2.02. The second-order valence-corrected chi connectivity index (χ2v) is 8.02. The highest BCUT2D eigenvalue weighted by molar-refractivity contribution is 5.97. The zero-order valence-electron chi connectivity index (χ0n) is 19.2. The number of carbonyl (C=O) groups excluding carboxylic acids is 1. The SMILES string of the molecule is C=C(c1ccc(COc2ccc(C(C)=O)c(O)c2CCC)cc1)c1cccc(-c2nn[nH]n2)c1. The number of hydrogen-bond acceptors (Lipinski definition) is 6. The highest BCUT2D eigenvalue weighted by Crippen LogP contribution is 2.33. The minimum atomic E-state index is -0.167. The number of aromatic amines is 1. The number of nitrogens with one attached hydrogen (secondary N) is 1. The Bertz CT molecular complexity index is 1310. The van der Waals surface area contributed by atoms with Crippen LogP contribution in [0.5, 0.6) is 11.5 Å². The molecule has 0 unspecified atom stereocenters. The van der Waals surface area contributed by atoms with E-state index in [4.69, 9.17) is 4.74 Å². The number of ketones is 1. The molecule has 1 aromatic heterocycles. The summed E-state index contributed by atoms with van der Waals surface area (Å²) in [6.45, 7) is 8.06. The first-order valence-corrected chi connectivity index (χ1v) is 11.1. The largest absolute Gasteiger partial charge is 0.507 e. The van der Waals surface area contributed by atoms with Gasteiger partial charge in [-0.15, -0.1) is 10.2 Å². The van der Waals surface area contributed by atoms with Crippen LogP contribution in [0.3, 0.4) is 0 Å². The van der Waals surface area contributed by atoms with Crippen molar-refractivity contribution in [3.8, 4) is 22.9 Å². The van der Waals surface area contributed by atoms with Gasteiger partial charge in [0.05, 0.1) is 5.56 Å². The normalized spacial score (nSPS) is 10.8. The molecule has 0 spiro atoms. The van der Waals surface area contributed by atoms with Gasteiger partial charge in [-0.05, 0) is 59.0 Å². The minimum absolute atomic E-state index is 0.0153. The molecule has 0 aliphatic heterocycles. The van der Waals surface area contributed by atoms with Gasteiger partial charge in [-0.2, -0.15) is 5.21 Å². The number of carbonyl (C=O) groups is 1. The Hall–Kier alpha value is -4.26. The standard InChI is InChI=1S/C27H26N4O3/c1-4-6-24-25(14-13-23(18(3)32)26(24)33)34-16-19-9-11-20(12-10-19)17(2)21-7-5-8-22(15-21)27-28-30-31-29-27/h5,7-15,33H,2,4,6,16H2,1,3H3,(H,28,29,30,31). The van der Waals surface area contributed by atoms with Gasteiger partial charge < -0.3 is 9.84 Å². The highest BCUT2D eigenvalue weighted by Gasteiger charge is 2.16. The van der Waals surface area contributed by atoms with Crippen molar-refractivity contribution in [1.82, 2.24) is 20.6 Å². The van der Waals surface area contributed by atoms with Crippen LogP contribution in [-0.4, -0.2) is 31.5 Å². The van der Waals surface area contributed by atoms with Crippen LogP contribution < -0.4 is 4.74 Å². The van der Waals surface area contributed by atoms with Crippen molar-refractivity contribution >= 4 is 11.4 Å². The summed E-state index contributed by atoms with van der Waals surface area (Å²) in [6.07, 6.45) is 1.46. The number of H-pyrrole nitrogens is 1. The predicted molar refractivity (Wildman–Crippen MR) is 131 cm³/mol. The van der Waals surface area contributed by atoms with Gasteiger partial charge in [-0.1, -0.05) is 62.4 Å². The minimum Gasteiger partial charge on any atom is -0.507 e. The van der Waals surface area contributed by atoms with Crippen LogP contribution in [0, 0.1) is 0 Å². The van der Waals surface area contributed by atoms with E-state index in [0.717, 1.165) is 34.2 Å². The predicted octanol–water partition coefficient (Wildman–Crippen LogP) is 5.37. The van der Waals surface area contributed by atoms with E-state index in [1.807, 2.05) is 55.5 Å². The topological polar surface area (TPSA) is 101 Å². The Morgan fingerprint density at radius 2 is 1.88 bits per heavy atom. The summed E-state index contributed by atoms with van der Waals surface area (Å²) in [7, 11) is 0. The van der Waals surface area contributed by atoms with Gasteiger partial charge in [0, 0.05) is 11.1 Å². The average Bonchev–Trinajstić information content (AvgIpc) is 3.39. The average molecular weight is 455 g/mol. The van der Waals surface area contributed by atoms with Crippen LogP contribution in [-0.2, 0) is 13.0 Å². The number of rotatable bonds is 9. The molecule has 7 heteroatoms. The number of Topliss-reactive ketones (excluding diaryl/α,β-unsaturated/α-hetero) is 1. The molecule has 0 amide bonds. The first-order valence-electron chi connectivity index (χ1n) is 11.1. The van der Waals surface area contributed by atoms with E-state index in [2.05, 4.69) is 27.2 Å². The van der Waals surface area contributed by atoms with Gasteiger partial charge in [-0.25, -0.2) is 0 Å². The fraction of sp³-hybridized carbons (Fsp3) is 0.185. The molecule has 1 heterocycles. The number of benzene rings is 3. The maximum atomic E-state index is 11.8. The molecule has 0 saturated carbocycles. The number of nitrogens with zero attached hydrogens (tertiary/aromatic N) is 3. The van der Waals surface area contributed by atoms with Crippen LogP contribution >= 0.6 is 0 Å². The van der Waals surface area contributed by atoms with Crippen molar-refractivity contribution in [1.29, 1.82) is 0 Å². The number of aromatic hydroxyl groups is 1. The van der Waals surface area contributed by atoms with Crippen LogP contribution in [0.25, 0.3) is 17.0 Å². The van der Waals surface area contributed by atoms with Crippen molar-refractivity contribution in [2.24, 2.45) is 0 Å². The third-order valence-corrected chi connectivity index (χ3v) is 5.63. The summed E-state index contributed by atoms with van der Waals surface area (Å²) in [4.78, 5) is 11.8. The number of phenols is 1. The lowest BCUT2D eigenvalue weighted by atomic mass is 9.97. The molecule has 0 radical (unpaired) electrons. The van der Waals surface area contributed by atoms with Crippen LogP contribution in [0.1, 0.15) is 52.9 Å². The maximum Gasteiger partial charge on any atom is 0.204 e. The number of tetrazole rings is 1. The first-order chi connectivity index (χ1) is 16.5. The Balaban J connectivity index is 1.48. The fourth-order valence-corrected chi connectivity index (χ4v) is 3.79. The van der Waals surface area contributed by atoms with Gasteiger partial charge in [0.1, 0.15) is 18.1 Å². The molecule has 0 atom stereocenters. The summed E-state index contributed by atoms with van der Waals surface area (Å²) in [5.74, 6) is 0.977. The molecule has 0 saturated heterocycles. The number of ether oxygens (including phenoxy) is 1. The number of hydrogen-bond donors (Lipinski definition) is 2. The summed E-state index contributed by atoms with van der Waals surface area (Å²) in [6, 6.07) is 19.2.